The van der Waals surface area contributed by atoms with Crippen LogP contribution in [0.2, 0.25) is 0 Å². The summed E-state index contributed by atoms with van der Waals surface area (Å²) in [5, 5.41) is 19.7. The van der Waals surface area contributed by atoms with Crippen molar-refractivity contribution in [3.63, 3.8) is 0 Å². The smallest absolute Gasteiger partial charge is 0.793 e. The van der Waals surface area contributed by atoms with Gasteiger partial charge in [0, 0.05) is 80.4 Å². The van der Waals surface area contributed by atoms with Crippen molar-refractivity contribution < 1.29 is 72.8 Å². The molecule has 3 radical (unpaired) electrons. The van der Waals surface area contributed by atoms with Crippen molar-refractivity contribution in [2.24, 2.45) is 5.73 Å². The molecule has 10 rings (SSSR count). The third-order valence-corrected chi connectivity index (χ3v) is 12.1. The van der Waals surface area contributed by atoms with Crippen LogP contribution in [0.25, 0.3) is 44.2 Å². The molecule has 0 unspecified atom stereocenters. The number of anilines is 2. The van der Waals surface area contributed by atoms with Gasteiger partial charge < -0.3 is 45.9 Å². The van der Waals surface area contributed by atoms with E-state index in [4.69, 9.17) is 11.5 Å². The quantitative estimate of drug-likeness (QED) is 0.0467. The van der Waals surface area contributed by atoms with E-state index in [0.29, 0.717) is 68.6 Å². The van der Waals surface area contributed by atoms with E-state index >= 15 is 0 Å². The Balaban J connectivity index is 0.000000249. The Hall–Kier alpha value is -9.86. The van der Waals surface area contributed by atoms with Crippen LogP contribution in [0, 0.1) is 0 Å². The number of rotatable bonds is 11. The summed E-state index contributed by atoms with van der Waals surface area (Å²) in [5.74, 6) is -2.49. The fraction of sp³-hybridized carbons (Fsp3) is 0.172. The van der Waals surface area contributed by atoms with Crippen LogP contribution in [0.4, 0.5) is 11.6 Å². The van der Waals surface area contributed by atoms with Crippen LogP contribution in [-0.2, 0) is 35.4 Å². The summed E-state index contributed by atoms with van der Waals surface area (Å²) in [6.45, 7) is 7.70. The van der Waals surface area contributed by atoms with Crippen molar-refractivity contribution in [2.45, 2.75) is 53.2 Å². The molecule has 6 aromatic heterocycles. The first-order chi connectivity index (χ1) is 40.4. The molecule has 0 aliphatic heterocycles. The van der Waals surface area contributed by atoms with Gasteiger partial charge in [-0.15, -0.1) is 10.2 Å². The van der Waals surface area contributed by atoms with Crippen molar-refractivity contribution in [1.29, 1.82) is 0 Å². The first-order valence-corrected chi connectivity index (χ1v) is 25.6. The van der Waals surface area contributed by atoms with E-state index < -0.39 is 41.8 Å². The number of amides is 2. The number of aldehydes is 1. The predicted molar refractivity (Wildman–Crippen MR) is 315 cm³/mol. The minimum Gasteiger partial charge on any atom is -0.793 e. The van der Waals surface area contributed by atoms with E-state index in [-0.39, 0.29) is 63.4 Å². The fourth-order valence-corrected chi connectivity index (χ4v) is 8.67. The number of hydrogen-bond acceptors (Lipinski definition) is 19. The van der Waals surface area contributed by atoms with Crippen LogP contribution in [0.1, 0.15) is 94.7 Å². The van der Waals surface area contributed by atoms with Gasteiger partial charge in [0.1, 0.15) is 11.1 Å². The zero-order valence-corrected chi connectivity index (χ0v) is 49.7. The van der Waals surface area contributed by atoms with Gasteiger partial charge in [-0.05, 0) is 92.8 Å². The van der Waals surface area contributed by atoms with Crippen LogP contribution in [-0.4, -0.2) is 96.5 Å². The SMILES string of the molecule is CC(=O)OOC(C)=O.CN.CNCc1cccc2cc([C@H](C)NC(=O)c3c(N)nn4cccnc34)n(-c3ccccc3)c(=O)c12.C[C@H](NC(=O)c1c(N)nn2cccnc12)c1cc2cccc(C=O)c2c(=O)n1-c1ccccc1.[B-]OC(C)=O.[Na+]. The van der Waals surface area contributed by atoms with Gasteiger partial charge in [0.05, 0.1) is 22.9 Å². The zero-order valence-electron chi connectivity index (χ0n) is 47.7. The normalized spacial score (nSPS) is 11.0. The molecule has 0 fully saturated rings. The molecule has 0 spiro atoms. The molecule has 10 aromatic rings. The molecule has 0 saturated carbocycles. The second-order valence-corrected chi connectivity index (χ2v) is 17.9. The largest absolute Gasteiger partial charge is 1.00 e. The standard InChI is InChI=1S/C26H25N7O2.C25H20N6O3.C4H6O4.C2H3BO2.CH5N.Na/c1-16(30-25(34)22-23(27)31-32-13-7-12-29-24(22)32)20-14-17-8-6-9-18(15-28-2)21(17)26(35)33(20)19-10-4-3-5-11-19;1-15(28-24(33)21-22(26)29-30-12-6-11-27-23(21)30)19-13-16-7-5-8-17(14-32)20(16)25(34)31(19)18-9-3-2-4-10-18;1-3(5)7-8-4(2)6;1-2(4)5-3;1-2;/h3-14,16,28H,15H2,1-2H3,(H2,27,31)(H,30,34);2-15H,1H3,(H2,26,29)(H,28,33);1-2H3;1H3;2H2,1H3;/q;;;-1;;+1/t16-;15-;;;;/m00..../s1. The summed E-state index contributed by atoms with van der Waals surface area (Å²) in [4.78, 5) is 111. The van der Waals surface area contributed by atoms with E-state index in [1.165, 1.54) is 27.6 Å². The predicted octanol–water partition coefficient (Wildman–Crippen LogP) is 1.98. The topological polar surface area (TPSA) is 349 Å². The Morgan fingerprint density at radius 2 is 1.02 bits per heavy atom. The molecule has 0 bridgehead atoms. The first kappa shape index (κ1) is 66.0. The Labute approximate surface area is 509 Å². The van der Waals surface area contributed by atoms with E-state index in [0.717, 1.165) is 24.8 Å². The van der Waals surface area contributed by atoms with Crippen molar-refractivity contribution in [3.05, 3.63) is 200 Å². The maximum absolute atomic E-state index is 13.9. The number of nitrogens with zero attached hydrogens (tertiary/aromatic N) is 8. The van der Waals surface area contributed by atoms with Gasteiger partial charge in [0.25, 0.3) is 22.9 Å². The van der Waals surface area contributed by atoms with Gasteiger partial charge in [-0.3, -0.25) is 37.9 Å². The molecule has 431 valence electrons. The minimum absolute atomic E-state index is 0. The van der Waals surface area contributed by atoms with Crippen LogP contribution in [0.3, 0.4) is 0 Å². The van der Waals surface area contributed by atoms with Gasteiger partial charge >= 0.3 is 41.5 Å². The molecule has 85 heavy (non-hydrogen) atoms. The molecule has 2 atom stereocenters. The molecule has 0 saturated heterocycles. The average molecular weight is 1160 g/mol. The number of para-hydroxylation sites is 2. The third kappa shape index (κ3) is 15.8. The number of hydrogen-bond donors (Lipinski definition) is 6. The molecule has 25 nitrogen and oxygen atoms in total. The number of benzene rings is 4. The molecule has 0 aliphatic rings. The van der Waals surface area contributed by atoms with Crippen molar-refractivity contribution in [1.82, 2.24) is 54.3 Å². The first-order valence-electron chi connectivity index (χ1n) is 25.6. The maximum atomic E-state index is 13.9. The maximum Gasteiger partial charge on any atom is 1.00 e. The Morgan fingerprint density at radius 3 is 1.42 bits per heavy atom. The van der Waals surface area contributed by atoms with E-state index in [9.17, 15) is 38.4 Å². The summed E-state index contributed by atoms with van der Waals surface area (Å²) < 4.78 is 9.68. The van der Waals surface area contributed by atoms with Crippen molar-refractivity contribution >= 4 is 88.5 Å². The summed E-state index contributed by atoms with van der Waals surface area (Å²) in [6.07, 6.45) is 7.14. The minimum atomic E-state index is -0.639. The number of aromatic nitrogens is 8. The molecular weight excluding hydrogens is 1100 g/mol. The summed E-state index contributed by atoms with van der Waals surface area (Å²) in [6, 6.07) is 35.4. The Morgan fingerprint density at radius 1 is 0.612 bits per heavy atom. The van der Waals surface area contributed by atoms with Crippen LogP contribution >= 0.6 is 0 Å². The second kappa shape index (κ2) is 31.0. The summed E-state index contributed by atoms with van der Waals surface area (Å²) in [7, 11) is 7.67. The van der Waals surface area contributed by atoms with Gasteiger partial charge in [0.2, 0.25) is 5.97 Å². The number of nitrogen functional groups attached to an aromatic ring is 2. The third-order valence-electron chi connectivity index (χ3n) is 12.1. The van der Waals surface area contributed by atoms with E-state index in [2.05, 4.69) is 64.3 Å². The Bertz CT molecular complexity index is 4130. The van der Waals surface area contributed by atoms with Crippen molar-refractivity contribution in [2.75, 3.05) is 25.6 Å². The molecule has 4 aromatic carbocycles. The van der Waals surface area contributed by atoms with Crippen LogP contribution in [0.5, 0.6) is 0 Å². The number of carbonyl (C=O) groups is 6. The van der Waals surface area contributed by atoms with Crippen LogP contribution in [0.15, 0.2) is 156 Å². The number of nitrogens with one attached hydrogen (secondary N) is 3. The molecule has 6 heterocycles. The number of pyridine rings is 2. The second-order valence-electron chi connectivity index (χ2n) is 17.9. The molecule has 9 N–H and O–H groups in total. The number of carbonyl (C=O) groups excluding carboxylic acids is 6. The summed E-state index contributed by atoms with van der Waals surface area (Å²) >= 11 is 0. The molecule has 27 heteroatoms. The zero-order chi connectivity index (χ0) is 61.2. The monoisotopic (exact) mass is 1160 g/mol. The molecule has 2 amide bonds. The summed E-state index contributed by atoms with van der Waals surface area (Å²) in [5.41, 5.74) is 20.8. The van der Waals surface area contributed by atoms with Gasteiger partial charge in [-0.2, -0.15) is 0 Å². The van der Waals surface area contributed by atoms with Crippen molar-refractivity contribution in [3.8, 4) is 11.4 Å². The number of fused-ring (bicyclic) bond motifs is 4. The average Bonchev–Trinajstić information content (AvgIpc) is 3.36. The van der Waals surface area contributed by atoms with Gasteiger partial charge in [-0.1, -0.05) is 72.8 Å². The van der Waals surface area contributed by atoms with Gasteiger partial charge in [-0.25, -0.2) is 38.4 Å². The van der Waals surface area contributed by atoms with E-state index in [1.807, 2.05) is 86.8 Å². The fourth-order valence-electron chi connectivity index (χ4n) is 8.67. The van der Waals surface area contributed by atoms with Crippen LogP contribution < -0.4 is 73.8 Å². The Kier molecular flexibility index (Phi) is 24.0. The number of nitrogens with two attached hydrogens (primary N) is 3. The molecule has 0 aliphatic carbocycles. The van der Waals surface area contributed by atoms with E-state index in [1.54, 1.807) is 84.8 Å². The van der Waals surface area contributed by atoms with Gasteiger partial charge in [0.15, 0.2) is 29.2 Å². The molecular formula is C58H59BN14NaO11.